The first-order chi connectivity index (χ1) is 14.0. The van der Waals surface area contributed by atoms with Gasteiger partial charge in [0.05, 0.1) is 19.3 Å². The topological polar surface area (TPSA) is 77.1 Å². The minimum Gasteiger partial charge on any atom is -0.379 e. The maximum absolute atomic E-state index is 12.5. The van der Waals surface area contributed by atoms with Crippen molar-refractivity contribution in [3.05, 3.63) is 22.4 Å². The predicted octanol–water partition coefficient (Wildman–Crippen LogP) is -0.0103. The number of morpholine rings is 1. The van der Waals surface area contributed by atoms with Crippen molar-refractivity contribution >= 4 is 23.2 Å². The summed E-state index contributed by atoms with van der Waals surface area (Å²) in [6.07, 6.45) is 0. The second-order valence-corrected chi connectivity index (χ2v) is 8.75. The molecule has 0 bridgehead atoms. The van der Waals surface area contributed by atoms with Gasteiger partial charge in [-0.05, 0) is 25.4 Å². The average molecular weight is 424 g/mol. The largest absolute Gasteiger partial charge is 0.379 e. The summed E-state index contributed by atoms with van der Waals surface area (Å²) in [5.74, 6) is -1.12. The van der Waals surface area contributed by atoms with Crippen LogP contribution in [0.25, 0.3) is 0 Å². The van der Waals surface area contributed by atoms with Crippen molar-refractivity contribution in [3.8, 4) is 0 Å². The van der Waals surface area contributed by atoms with Crippen LogP contribution in [0.3, 0.4) is 0 Å². The Labute approximate surface area is 177 Å². The molecule has 2 aliphatic rings. The third kappa shape index (κ3) is 6.48. The molecule has 2 aliphatic heterocycles. The van der Waals surface area contributed by atoms with Crippen molar-refractivity contribution in [2.75, 3.05) is 72.6 Å². The fraction of sp³-hybridized carbons (Fsp3) is 0.700. The number of hydrogen-bond acceptors (Lipinski definition) is 7. The number of rotatable bonds is 7. The van der Waals surface area contributed by atoms with Crippen molar-refractivity contribution in [2.24, 2.45) is 0 Å². The van der Waals surface area contributed by atoms with Crippen LogP contribution < -0.4 is 10.6 Å². The van der Waals surface area contributed by atoms with E-state index < -0.39 is 11.8 Å². The van der Waals surface area contributed by atoms with E-state index >= 15 is 0 Å². The second kappa shape index (κ2) is 11.0. The van der Waals surface area contributed by atoms with Crippen molar-refractivity contribution in [1.29, 1.82) is 0 Å². The van der Waals surface area contributed by atoms with Crippen LogP contribution in [0.2, 0.25) is 0 Å². The summed E-state index contributed by atoms with van der Waals surface area (Å²) in [4.78, 5) is 32.9. The van der Waals surface area contributed by atoms with Crippen LogP contribution in [0.4, 0.5) is 0 Å². The average Bonchev–Trinajstić information content (AvgIpc) is 3.24. The molecule has 1 aromatic rings. The number of nitrogens with zero attached hydrogens (tertiary/aromatic N) is 3. The smallest absolute Gasteiger partial charge is 0.309 e. The number of likely N-dealkylation sites (N-methyl/N-ethyl adjacent to an activating group) is 1. The third-order valence-corrected chi connectivity index (χ3v) is 6.56. The van der Waals surface area contributed by atoms with Gasteiger partial charge < -0.3 is 20.3 Å². The lowest BCUT2D eigenvalue weighted by Crippen LogP contribution is -2.53. The first-order valence-electron chi connectivity index (χ1n) is 10.4. The lowest BCUT2D eigenvalue weighted by molar-refractivity contribution is -0.139. The van der Waals surface area contributed by atoms with E-state index in [1.165, 1.54) is 4.88 Å². The number of amides is 2. The molecule has 2 amide bonds. The van der Waals surface area contributed by atoms with E-state index in [4.69, 9.17) is 4.74 Å². The van der Waals surface area contributed by atoms with Crippen molar-refractivity contribution in [1.82, 2.24) is 25.3 Å². The highest BCUT2D eigenvalue weighted by atomic mass is 32.1. The lowest BCUT2D eigenvalue weighted by atomic mass is 10.0. The maximum atomic E-state index is 12.5. The van der Waals surface area contributed by atoms with Crippen LogP contribution >= 0.6 is 11.3 Å². The minimum absolute atomic E-state index is 0.0776. The van der Waals surface area contributed by atoms with E-state index in [0.29, 0.717) is 6.54 Å². The van der Waals surface area contributed by atoms with Crippen LogP contribution in [0.5, 0.6) is 0 Å². The molecule has 2 saturated heterocycles. The Morgan fingerprint density at radius 1 is 1.14 bits per heavy atom. The molecular formula is C20H33N5O3S. The predicted molar refractivity (Wildman–Crippen MR) is 114 cm³/mol. The zero-order valence-electron chi connectivity index (χ0n) is 17.4. The molecule has 2 atom stereocenters. The van der Waals surface area contributed by atoms with Crippen LogP contribution in [-0.2, 0) is 14.3 Å². The number of carbonyl (C=O) groups excluding carboxylic acids is 2. The number of nitrogens with one attached hydrogen (secondary N) is 2. The minimum atomic E-state index is -0.562. The molecule has 8 nitrogen and oxygen atoms in total. The molecule has 29 heavy (non-hydrogen) atoms. The molecule has 3 heterocycles. The maximum Gasteiger partial charge on any atom is 0.309 e. The molecular weight excluding hydrogens is 390 g/mol. The zero-order valence-corrected chi connectivity index (χ0v) is 18.2. The number of piperazine rings is 1. The first kappa shape index (κ1) is 22.2. The highest BCUT2D eigenvalue weighted by Gasteiger charge is 2.31. The molecule has 0 radical (unpaired) electrons. The number of hydrogen-bond donors (Lipinski definition) is 2. The SMILES string of the molecule is C[C@H](NC(=O)C(=O)NCCN1CCOCC1)[C@H](c1cccs1)N1CCN(C)CC1. The molecule has 0 spiro atoms. The Bertz CT molecular complexity index is 643. The van der Waals surface area contributed by atoms with Gasteiger partial charge in [0, 0.05) is 63.3 Å². The van der Waals surface area contributed by atoms with Gasteiger partial charge >= 0.3 is 11.8 Å². The van der Waals surface area contributed by atoms with Gasteiger partial charge in [-0.2, -0.15) is 0 Å². The molecule has 2 N–H and O–H groups in total. The number of thiophene rings is 1. The normalized spacial score (nSPS) is 21.4. The molecule has 1 aromatic heterocycles. The molecule has 0 aromatic carbocycles. The van der Waals surface area contributed by atoms with Gasteiger partial charge in [-0.25, -0.2) is 0 Å². The Morgan fingerprint density at radius 2 is 1.86 bits per heavy atom. The van der Waals surface area contributed by atoms with Crippen LogP contribution in [0.15, 0.2) is 17.5 Å². The lowest BCUT2D eigenvalue weighted by Gasteiger charge is -2.40. The van der Waals surface area contributed by atoms with Gasteiger partial charge in [0.1, 0.15) is 0 Å². The van der Waals surface area contributed by atoms with Crippen molar-refractivity contribution < 1.29 is 14.3 Å². The summed E-state index contributed by atoms with van der Waals surface area (Å²) in [7, 11) is 2.13. The van der Waals surface area contributed by atoms with E-state index in [0.717, 1.165) is 59.0 Å². The van der Waals surface area contributed by atoms with Crippen molar-refractivity contribution in [2.45, 2.75) is 19.0 Å². The third-order valence-electron chi connectivity index (χ3n) is 5.62. The fourth-order valence-corrected chi connectivity index (χ4v) is 4.85. The van der Waals surface area contributed by atoms with Crippen LogP contribution in [0.1, 0.15) is 17.8 Å². The highest BCUT2D eigenvalue weighted by Crippen LogP contribution is 2.29. The molecule has 162 valence electrons. The summed E-state index contributed by atoms with van der Waals surface area (Å²) in [5, 5.41) is 7.74. The van der Waals surface area contributed by atoms with E-state index in [1.54, 1.807) is 11.3 Å². The van der Waals surface area contributed by atoms with E-state index in [2.05, 4.69) is 43.8 Å². The molecule has 2 fully saturated rings. The van der Waals surface area contributed by atoms with Gasteiger partial charge in [-0.3, -0.25) is 19.4 Å². The molecule has 9 heteroatoms. The quantitative estimate of drug-likeness (QED) is 0.601. The molecule has 3 rings (SSSR count). The van der Waals surface area contributed by atoms with E-state index in [1.807, 2.05) is 13.0 Å². The molecule has 0 unspecified atom stereocenters. The Morgan fingerprint density at radius 3 is 2.52 bits per heavy atom. The standard InChI is InChI=1S/C20H33N5O3S/c1-16(18(17-4-3-15-29-17)25-9-7-23(2)8-10-25)22-20(27)19(26)21-5-6-24-11-13-28-14-12-24/h3-4,15-16,18H,5-14H2,1-2H3,(H,21,26)(H,22,27)/t16-,18+/m0/s1. The Hall–Kier alpha value is -1.52. The number of carbonyl (C=O) groups is 2. The monoisotopic (exact) mass is 423 g/mol. The highest BCUT2D eigenvalue weighted by molar-refractivity contribution is 7.10. The van der Waals surface area contributed by atoms with Gasteiger partial charge in [-0.1, -0.05) is 6.07 Å². The second-order valence-electron chi connectivity index (χ2n) is 7.77. The summed E-state index contributed by atoms with van der Waals surface area (Å²) >= 11 is 1.70. The summed E-state index contributed by atoms with van der Waals surface area (Å²) in [6, 6.07) is 4.07. The summed E-state index contributed by atoms with van der Waals surface area (Å²) in [6.45, 7) is 10.3. The van der Waals surface area contributed by atoms with Crippen LogP contribution in [0, 0.1) is 0 Å². The van der Waals surface area contributed by atoms with Crippen LogP contribution in [-0.4, -0.2) is 105 Å². The molecule has 0 saturated carbocycles. The first-order valence-corrected chi connectivity index (χ1v) is 11.3. The Balaban J connectivity index is 1.50. The van der Waals surface area contributed by atoms with Gasteiger partial charge in [0.25, 0.3) is 0 Å². The van der Waals surface area contributed by atoms with Gasteiger partial charge in [-0.15, -0.1) is 11.3 Å². The zero-order chi connectivity index (χ0) is 20.6. The fourth-order valence-electron chi connectivity index (χ4n) is 3.89. The van der Waals surface area contributed by atoms with Gasteiger partial charge in [0.2, 0.25) is 0 Å². The van der Waals surface area contributed by atoms with E-state index in [9.17, 15) is 9.59 Å². The molecule has 0 aliphatic carbocycles. The van der Waals surface area contributed by atoms with Gasteiger partial charge in [0.15, 0.2) is 0 Å². The Kier molecular flexibility index (Phi) is 8.43. The van der Waals surface area contributed by atoms with Crippen molar-refractivity contribution in [3.63, 3.8) is 0 Å². The number of ether oxygens (including phenoxy) is 1. The summed E-state index contributed by atoms with van der Waals surface area (Å²) in [5.41, 5.74) is 0. The van der Waals surface area contributed by atoms with E-state index in [-0.39, 0.29) is 12.1 Å². The summed E-state index contributed by atoms with van der Waals surface area (Å²) < 4.78 is 5.32.